The second kappa shape index (κ2) is 3.55. The van der Waals surface area contributed by atoms with Crippen LogP contribution in [0.5, 0.6) is 0 Å². The van der Waals surface area contributed by atoms with Gasteiger partial charge in [-0.3, -0.25) is 4.79 Å². The fourth-order valence-corrected chi connectivity index (χ4v) is 5.62. The van der Waals surface area contributed by atoms with Crippen molar-refractivity contribution in [2.45, 2.75) is 77.4 Å². The van der Waals surface area contributed by atoms with Crippen molar-refractivity contribution >= 4 is 5.97 Å². The molecule has 19 heavy (non-hydrogen) atoms. The van der Waals surface area contributed by atoms with Gasteiger partial charge in [0.05, 0.1) is 5.41 Å². The van der Waals surface area contributed by atoms with Crippen LogP contribution in [-0.4, -0.2) is 17.1 Å². The summed E-state index contributed by atoms with van der Waals surface area (Å²) in [6.07, 6.45) is 6.24. The first-order valence-corrected chi connectivity index (χ1v) is 7.56. The van der Waals surface area contributed by atoms with Gasteiger partial charge in [-0.15, -0.1) is 0 Å². The highest BCUT2D eigenvalue weighted by molar-refractivity contribution is 5.78. The number of esters is 1. The molecular formula is C16H27NO2. The van der Waals surface area contributed by atoms with Crippen molar-refractivity contribution < 1.29 is 9.53 Å². The van der Waals surface area contributed by atoms with E-state index in [0.29, 0.717) is 5.92 Å². The SMILES string of the molecule is CC(C)(C)OC(=O)[C@@]12C[C@@H]3C[C@@](C)(C[C@@](N)(C3)C1)C2. The minimum atomic E-state index is -0.400. The molecule has 2 N–H and O–H groups in total. The summed E-state index contributed by atoms with van der Waals surface area (Å²) in [6.45, 7) is 8.17. The highest BCUT2D eigenvalue weighted by Gasteiger charge is 2.64. The quantitative estimate of drug-likeness (QED) is 0.741. The van der Waals surface area contributed by atoms with Crippen molar-refractivity contribution in [2.24, 2.45) is 22.5 Å². The molecular weight excluding hydrogens is 238 g/mol. The van der Waals surface area contributed by atoms with Crippen molar-refractivity contribution in [1.82, 2.24) is 0 Å². The molecule has 4 rings (SSSR count). The Morgan fingerprint density at radius 2 is 1.84 bits per heavy atom. The lowest BCUT2D eigenvalue weighted by atomic mass is 9.42. The van der Waals surface area contributed by atoms with E-state index in [2.05, 4.69) is 6.92 Å². The molecule has 4 atom stereocenters. The van der Waals surface area contributed by atoms with Gasteiger partial charge < -0.3 is 10.5 Å². The van der Waals surface area contributed by atoms with E-state index in [0.717, 1.165) is 32.1 Å². The second-order valence-electron chi connectivity index (χ2n) is 8.96. The maximum absolute atomic E-state index is 12.7. The molecule has 4 saturated carbocycles. The van der Waals surface area contributed by atoms with Crippen molar-refractivity contribution in [3.63, 3.8) is 0 Å². The third-order valence-electron chi connectivity index (χ3n) is 5.22. The molecule has 0 spiro atoms. The van der Waals surface area contributed by atoms with Crippen LogP contribution in [-0.2, 0) is 9.53 Å². The van der Waals surface area contributed by atoms with Crippen LogP contribution in [0.15, 0.2) is 0 Å². The summed E-state index contributed by atoms with van der Waals surface area (Å²) in [6, 6.07) is 0. The number of nitrogens with two attached hydrogens (primary N) is 1. The highest BCUT2D eigenvalue weighted by Crippen LogP contribution is 2.66. The zero-order chi connectivity index (χ0) is 14.1. The summed E-state index contributed by atoms with van der Waals surface area (Å²) in [7, 11) is 0. The number of hydrogen-bond donors (Lipinski definition) is 1. The summed E-state index contributed by atoms with van der Waals surface area (Å²) in [5, 5.41) is 0. The largest absolute Gasteiger partial charge is 0.460 e. The fraction of sp³-hybridized carbons (Fsp3) is 0.938. The highest BCUT2D eigenvalue weighted by atomic mass is 16.6. The standard InChI is InChI=1S/C16H27NO2/c1-13(2,3)19-12(18)15-6-11-5-14(4,8-15)9-16(17,7-11)10-15/h11H,5-10,17H2,1-4H3/t11-,14+,15+,16-/m0/s1. The summed E-state index contributed by atoms with van der Waals surface area (Å²) >= 11 is 0. The Hall–Kier alpha value is -0.570. The molecule has 4 aliphatic rings. The van der Waals surface area contributed by atoms with Crippen LogP contribution in [0, 0.1) is 16.7 Å². The number of carbonyl (C=O) groups is 1. The molecule has 0 unspecified atom stereocenters. The van der Waals surface area contributed by atoms with E-state index in [1.165, 1.54) is 6.42 Å². The maximum Gasteiger partial charge on any atom is 0.312 e. The number of ether oxygens (including phenoxy) is 1. The molecule has 0 radical (unpaired) electrons. The van der Waals surface area contributed by atoms with Gasteiger partial charge in [0.2, 0.25) is 0 Å². The Kier molecular flexibility index (Phi) is 2.50. The fourth-order valence-electron chi connectivity index (χ4n) is 5.62. The summed E-state index contributed by atoms with van der Waals surface area (Å²) in [5.41, 5.74) is 6.02. The van der Waals surface area contributed by atoms with Gasteiger partial charge >= 0.3 is 5.97 Å². The van der Waals surface area contributed by atoms with Crippen LogP contribution in [0.3, 0.4) is 0 Å². The molecule has 3 nitrogen and oxygen atoms in total. The lowest BCUT2D eigenvalue weighted by Gasteiger charge is -2.64. The summed E-state index contributed by atoms with van der Waals surface area (Å²) < 4.78 is 5.72. The van der Waals surface area contributed by atoms with Crippen LogP contribution >= 0.6 is 0 Å². The van der Waals surface area contributed by atoms with Crippen molar-refractivity contribution in [3.05, 3.63) is 0 Å². The Balaban J connectivity index is 1.90. The van der Waals surface area contributed by atoms with Crippen LogP contribution in [0.2, 0.25) is 0 Å². The topological polar surface area (TPSA) is 52.3 Å². The van der Waals surface area contributed by atoms with E-state index in [4.69, 9.17) is 10.5 Å². The van der Waals surface area contributed by atoms with E-state index < -0.39 is 5.60 Å². The predicted molar refractivity (Wildman–Crippen MR) is 74.5 cm³/mol. The molecule has 0 heterocycles. The van der Waals surface area contributed by atoms with Crippen molar-refractivity contribution in [3.8, 4) is 0 Å². The number of hydrogen-bond acceptors (Lipinski definition) is 3. The third kappa shape index (κ3) is 2.20. The molecule has 0 aromatic rings. The summed E-state index contributed by atoms with van der Waals surface area (Å²) in [5.74, 6) is 0.629. The molecule has 0 saturated heterocycles. The van der Waals surface area contributed by atoms with Gasteiger partial charge in [0.25, 0.3) is 0 Å². The molecule has 108 valence electrons. The first-order valence-electron chi connectivity index (χ1n) is 7.56. The van der Waals surface area contributed by atoms with E-state index >= 15 is 0 Å². The number of rotatable bonds is 1. The van der Waals surface area contributed by atoms with Crippen LogP contribution < -0.4 is 5.73 Å². The zero-order valence-electron chi connectivity index (χ0n) is 12.7. The molecule has 0 amide bonds. The van der Waals surface area contributed by atoms with E-state index in [9.17, 15) is 4.79 Å². The Morgan fingerprint density at radius 3 is 2.37 bits per heavy atom. The molecule has 0 aliphatic heterocycles. The maximum atomic E-state index is 12.7. The van der Waals surface area contributed by atoms with Gasteiger partial charge in [-0.1, -0.05) is 6.92 Å². The van der Waals surface area contributed by atoms with Crippen LogP contribution in [0.25, 0.3) is 0 Å². The Bertz CT molecular complexity index is 405. The van der Waals surface area contributed by atoms with E-state index in [1.54, 1.807) is 0 Å². The van der Waals surface area contributed by atoms with Gasteiger partial charge in [0.1, 0.15) is 5.60 Å². The molecule has 4 aliphatic carbocycles. The minimum Gasteiger partial charge on any atom is -0.460 e. The Labute approximate surface area is 116 Å². The Morgan fingerprint density at radius 1 is 1.16 bits per heavy atom. The zero-order valence-corrected chi connectivity index (χ0v) is 12.7. The van der Waals surface area contributed by atoms with Crippen LogP contribution in [0.4, 0.5) is 0 Å². The van der Waals surface area contributed by atoms with Gasteiger partial charge in [-0.25, -0.2) is 0 Å². The van der Waals surface area contributed by atoms with Gasteiger partial charge in [-0.2, -0.15) is 0 Å². The summed E-state index contributed by atoms with van der Waals surface area (Å²) in [4.78, 5) is 12.7. The van der Waals surface area contributed by atoms with E-state index in [1.807, 2.05) is 20.8 Å². The molecule has 0 aromatic heterocycles. The molecule has 4 fully saturated rings. The normalized spacial score (nSPS) is 48.4. The third-order valence-corrected chi connectivity index (χ3v) is 5.22. The average Bonchev–Trinajstić information content (AvgIpc) is 2.07. The number of carbonyl (C=O) groups excluding carboxylic acids is 1. The monoisotopic (exact) mass is 265 g/mol. The van der Waals surface area contributed by atoms with Gasteiger partial charge in [0.15, 0.2) is 0 Å². The lowest BCUT2D eigenvalue weighted by molar-refractivity contribution is -0.192. The smallest absolute Gasteiger partial charge is 0.312 e. The lowest BCUT2D eigenvalue weighted by Crippen LogP contribution is -2.65. The minimum absolute atomic E-state index is 0.00477. The van der Waals surface area contributed by atoms with Crippen molar-refractivity contribution in [1.29, 1.82) is 0 Å². The second-order valence-corrected chi connectivity index (χ2v) is 8.96. The van der Waals surface area contributed by atoms with E-state index in [-0.39, 0.29) is 22.3 Å². The molecule has 0 aromatic carbocycles. The first kappa shape index (κ1) is 13.4. The van der Waals surface area contributed by atoms with Crippen molar-refractivity contribution in [2.75, 3.05) is 0 Å². The van der Waals surface area contributed by atoms with Gasteiger partial charge in [0, 0.05) is 5.54 Å². The average molecular weight is 265 g/mol. The molecule has 3 heteroatoms. The van der Waals surface area contributed by atoms with Gasteiger partial charge in [-0.05, 0) is 70.6 Å². The van der Waals surface area contributed by atoms with Crippen LogP contribution in [0.1, 0.15) is 66.2 Å². The molecule has 4 bridgehead atoms. The predicted octanol–water partition coefficient (Wildman–Crippen LogP) is 3.02. The first-order chi connectivity index (χ1) is 8.53.